The molecule has 70 valence electrons. The number of anilines is 1. The Morgan fingerprint density at radius 1 is 1.62 bits per heavy atom. The molecule has 1 aromatic rings. The maximum Gasteiger partial charge on any atom is 0.219 e. The van der Waals surface area contributed by atoms with Gasteiger partial charge < -0.3 is 11.1 Å². The highest BCUT2D eigenvalue weighted by Crippen LogP contribution is 2.07. The molecule has 1 amide bonds. The van der Waals surface area contributed by atoms with Crippen LogP contribution in [-0.4, -0.2) is 22.4 Å². The molecule has 0 aliphatic carbocycles. The Hall–Kier alpha value is -1.36. The van der Waals surface area contributed by atoms with Crippen molar-refractivity contribution in [1.82, 2.24) is 9.97 Å². The van der Waals surface area contributed by atoms with Crippen LogP contribution in [0.4, 0.5) is 5.82 Å². The van der Waals surface area contributed by atoms with Crippen LogP contribution in [0.3, 0.4) is 0 Å². The third-order valence-electron chi connectivity index (χ3n) is 1.31. The van der Waals surface area contributed by atoms with Gasteiger partial charge in [-0.2, -0.15) is 0 Å². The van der Waals surface area contributed by atoms with E-state index in [0.29, 0.717) is 17.5 Å². The van der Waals surface area contributed by atoms with E-state index in [4.69, 9.17) is 17.3 Å². The Kier molecular flexibility index (Phi) is 3.45. The number of amides is 1. The van der Waals surface area contributed by atoms with Gasteiger partial charge in [0, 0.05) is 19.0 Å². The first kappa shape index (κ1) is 9.73. The smallest absolute Gasteiger partial charge is 0.219 e. The Labute approximate surface area is 80.3 Å². The highest BCUT2D eigenvalue weighted by atomic mass is 35.5. The van der Waals surface area contributed by atoms with Gasteiger partial charge in [-0.3, -0.25) is 4.79 Å². The van der Waals surface area contributed by atoms with E-state index in [1.54, 1.807) is 6.07 Å². The third kappa shape index (κ3) is 3.71. The molecule has 1 rings (SSSR count). The van der Waals surface area contributed by atoms with Crippen molar-refractivity contribution < 1.29 is 4.79 Å². The summed E-state index contributed by atoms with van der Waals surface area (Å²) in [5, 5.41) is 3.24. The predicted octanol–water partition coefficient (Wildman–Crippen LogP) is 0.417. The maximum atomic E-state index is 10.4. The predicted molar refractivity (Wildman–Crippen MR) is 49.3 cm³/mol. The molecule has 1 heterocycles. The molecule has 0 aliphatic rings. The Morgan fingerprint density at radius 2 is 2.38 bits per heavy atom. The minimum atomic E-state index is -0.354. The number of hydrogen-bond donors (Lipinski definition) is 2. The van der Waals surface area contributed by atoms with Crippen molar-refractivity contribution >= 4 is 23.3 Å². The van der Waals surface area contributed by atoms with E-state index in [1.807, 2.05) is 0 Å². The number of nitrogens with zero attached hydrogens (tertiary/aromatic N) is 2. The van der Waals surface area contributed by atoms with Crippen LogP contribution in [0.5, 0.6) is 0 Å². The molecule has 3 N–H and O–H groups in total. The summed E-state index contributed by atoms with van der Waals surface area (Å²) in [5.74, 6) is 0.230. The fraction of sp³-hybridized carbons (Fsp3) is 0.286. The number of aromatic nitrogens is 2. The number of carbonyl (C=O) groups is 1. The number of hydrogen-bond acceptors (Lipinski definition) is 4. The number of halogens is 1. The van der Waals surface area contributed by atoms with E-state index in [2.05, 4.69) is 15.3 Å². The summed E-state index contributed by atoms with van der Waals surface area (Å²) in [5.41, 5.74) is 4.95. The molecule has 0 radical (unpaired) electrons. The summed E-state index contributed by atoms with van der Waals surface area (Å²) >= 11 is 5.60. The van der Waals surface area contributed by atoms with Gasteiger partial charge in [-0.05, 0) is 0 Å². The van der Waals surface area contributed by atoms with Crippen molar-refractivity contribution in [2.24, 2.45) is 5.73 Å². The zero-order chi connectivity index (χ0) is 9.68. The summed E-state index contributed by atoms with van der Waals surface area (Å²) in [4.78, 5) is 18.0. The van der Waals surface area contributed by atoms with Gasteiger partial charge >= 0.3 is 0 Å². The largest absolute Gasteiger partial charge is 0.370 e. The first-order valence-corrected chi connectivity index (χ1v) is 4.06. The second kappa shape index (κ2) is 4.61. The van der Waals surface area contributed by atoms with Crippen molar-refractivity contribution in [1.29, 1.82) is 0 Å². The molecule has 0 aromatic carbocycles. The molecule has 0 spiro atoms. The zero-order valence-corrected chi connectivity index (χ0v) is 7.58. The lowest BCUT2D eigenvalue weighted by Gasteiger charge is -2.02. The van der Waals surface area contributed by atoms with Gasteiger partial charge in [-0.1, -0.05) is 11.6 Å². The van der Waals surface area contributed by atoms with Gasteiger partial charge in [0.05, 0.1) is 0 Å². The third-order valence-corrected chi connectivity index (χ3v) is 1.52. The number of rotatable bonds is 4. The van der Waals surface area contributed by atoms with Gasteiger partial charge in [-0.25, -0.2) is 9.97 Å². The number of primary amides is 1. The minimum absolute atomic E-state index is 0.265. The van der Waals surface area contributed by atoms with Gasteiger partial charge in [0.25, 0.3) is 0 Å². The molecule has 0 bridgehead atoms. The Balaban J connectivity index is 2.41. The first-order chi connectivity index (χ1) is 6.18. The molecule has 0 atom stereocenters. The molecule has 5 nitrogen and oxygen atoms in total. The van der Waals surface area contributed by atoms with Gasteiger partial charge in [0.1, 0.15) is 17.3 Å². The molecular weight excluding hydrogens is 192 g/mol. The average molecular weight is 201 g/mol. The van der Waals surface area contributed by atoms with Crippen LogP contribution >= 0.6 is 11.6 Å². The average Bonchev–Trinajstić information content (AvgIpc) is 2.03. The van der Waals surface area contributed by atoms with Crippen LogP contribution in [-0.2, 0) is 4.79 Å². The lowest BCUT2D eigenvalue weighted by atomic mass is 10.4. The van der Waals surface area contributed by atoms with Crippen molar-refractivity contribution in [2.45, 2.75) is 6.42 Å². The maximum absolute atomic E-state index is 10.4. The van der Waals surface area contributed by atoms with E-state index in [-0.39, 0.29) is 12.3 Å². The monoisotopic (exact) mass is 200 g/mol. The summed E-state index contributed by atoms with van der Waals surface area (Å²) in [6, 6.07) is 1.57. The van der Waals surface area contributed by atoms with Gasteiger partial charge in [-0.15, -0.1) is 0 Å². The van der Waals surface area contributed by atoms with E-state index >= 15 is 0 Å². The lowest BCUT2D eigenvalue weighted by Crippen LogP contribution is -2.16. The van der Waals surface area contributed by atoms with Crippen molar-refractivity contribution in [3.8, 4) is 0 Å². The quantitative estimate of drug-likeness (QED) is 0.691. The van der Waals surface area contributed by atoms with Gasteiger partial charge in [0.15, 0.2) is 0 Å². The fourth-order valence-electron chi connectivity index (χ4n) is 0.744. The number of nitrogens with one attached hydrogen (secondary N) is 1. The van der Waals surface area contributed by atoms with E-state index in [1.165, 1.54) is 6.33 Å². The topological polar surface area (TPSA) is 80.9 Å². The zero-order valence-electron chi connectivity index (χ0n) is 6.83. The molecule has 0 unspecified atom stereocenters. The van der Waals surface area contributed by atoms with Crippen LogP contribution in [0.25, 0.3) is 0 Å². The van der Waals surface area contributed by atoms with Crippen molar-refractivity contribution in [3.05, 3.63) is 17.5 Å². The van der Waals surface area contributed by atoms with Crippen molar-refractivity contribution in [3.63, 3.8) is 0 Å². The Morgan fingerprint density at radius 3 is 3.00 bits per heavy atom. The molecule has 0 saturated heterocycles. The molecule has 1 aromatic heterocycles. The highest BCUT2D eigenvalue weighted by molar-refractivity contribution is 6.29. The summed E-state index contributed by atoms with van der Waals surface area (Å²) in [7, 11) is 0. The van der Waals surface area contributed by atoms with Crippen LogP contribution in [0, 0.1) is 0 Å². The van der Waals surface area contributed by atoms with Crippen LogP contribution in [0.1, 0.15) is 6.42 Å². The summed E-state index contributed by atoms with van der Waals surface area (Å²) in [6.07, 6.45) is 1.61. The van der Waals surface area contributed by atoms with E-state index < -0.39 is 0 Å². The minimum Gasteiger partial charge on any atom is -0.370 e. The van der Waals surface area contributed by atoms with Gasteiger partial charge in [0.2, 0.25) is 5.91 Å². The highest BCUT2D eigenvalue weighted by Gasteiger charge is 1.96. The number of nitrogens with two attached hydrogens (primary N) is 1. The Bertz CT molecular complexity index is 304. The van der Waals surface area contributed by atoms with E-state index in [9.17, 15) is 4.79 Å². The standard InChI is InChI=1S/C7H9ClN4O/c8-5-3-7(12-4-11-5)10-2-1-6(9)13/h3-4H,1-2H2,(H2,9,13)(H,10,11,12). The second-order valence-electron chi connectivity index (χ2n) is 2.37. The molecule has 0 saturated carbocycles. The summed E-state index contributed by atoms with van der Waals surface area (Å²) < 4.78 is 0. The lowest BCUT2D eigenvalue weighted by molar-refractivity contribution is -0.117. The van der Waals surface area contributed by atoms with Crippen LogP contribution < -0.4 is 11.1 Å². The van der Waals surface area contributed by atoms with Crippen LogP contribution in [0.15, 0.2) is 12.4 Å². The SMILES string of the molecule is NC(=O)CCNc1cc(Cl)ncn1. The molecule has 13 heavy (non-hydrogen) atoms. The molecule has 0 fully saturated rings. The fourth-order valence-corrected chi connectivity index (χ4v) is 0.891. The van der Waals surface area contributed by atoms with Crippen molar-refractivity contribution in [2.75, 3.05) is 11.9 Å². The van der Waals surface area contributed by atoms with E-state index in [0.717, 1.165) is 0 Å². The molecule has 6 heteroatoms. The molecule has 0 aliphatic heterocycles. The van der Waals surface area contributed by atoms with Crippen LogP contribution in [0.2, 0.25) is 5.15 Å². The summed E-state index contributed by atoms with van der Waals surface area (Å²) in [6.45, 7) is 0.447. The first-order valence-electron chi connectivity index (χ1n) is 3.68. The normalized spacial score (nSPS) is 9.62. The second-order valence-corrected chi connectivity index (χ2v) is 2.76. The number of carbonyl (C=O) groups excluding carboxylic acids is 1. The molecular formula is C7H9ClN4O.